The Morgan fingerprint density at radius 2 is 1.76 bits per heavy atom. The average molecular weight is 334 g/mol. The van der Waals surface area contributed by atoms with E-state index in [4.69, 9.17) is 9.15 Å². The summed E-state index contributed by atoms with van der Waals surface area (Å²) < 4.78 is 10.3. The Labute approximate surface area is 145 Å². The van der Waals surface area contributed by atoms with Gasteiger partial charge in [-0.2, -0.15) is 0 Å². The number of esters is 1. The Morgan fingerprint density at radius 3 is 2.48 bits per heavy atom. The van der Waals surface area contributed by atoms with Crippen molar-refractivity contribution in [3.63, 3.8) is 0 Å². The Kier molecular flexibility index (Phi) is 4.80. The molecule has 25 heavy (non-hydrogen) atoms. The molecule has 4 nitrogen and oxygen atoms in total. The second kappa shape index (κ2) is 7.18. The van der Waals surface area contributed by atoms with E-state index in [2.05, 4.69) is 13.8 Å². The van der Waals surface area contributed by atoms with Gasteiger partial charge in [-0.25, -0.2) is 9.59 Å². The Balaban J connectivity index is 1.70. The summed E-state index contributed by atoms with van der Waals surface area (Å²) in [5.41, 5.74) is 2.11. The number of hydrogen-bond acceptors (Lipinski definition) is 4. The molecule has 0 atom stereocenters. The molecule has 3 rings (SSSR count). The lowest BCUT2D eigenvalue weighted by Gasteiger charge is -2.05. The molecule has 0 N–H and O–H groups in total. The maximum atomic E-state index is 12.0. The van der Waals surface area contributed by atoms with Gasteiger partial charge >= 0.3 is 11.6 Å². The molecule has 0 saturated heterocycles. The maximum Gasteiger partial charge on any atom is 0.336 e. The fourth-order valence-electron chi connectivity index (χ4n) is 2.41. The zero-order chi connectivity index (χ0) is 17.8. The van der Waals surface area contributed by atoms with Gasteiger partial charge in [0.2, 0.25) is 0 Å². The van der Waals surface area contributed by atoms with Crippen molar-refractivity contribution in [1.82, 2.24) is 0 Å². The summed E-state index contributed by atoms with van der Waals surface area (Å²) in [4.78, 5) is 23.2. The molecular weight excluding hydrogens is 316 g/mol. The fraction of sp³-hybridized carbons (Fsp3) is 0.143. The molecule has 0 bridgehead atoms. The molecule has 0 saturated carbocycles. The van der Waals surface area contributed by atoms with Crippen LogP contribution in [0, 0.1) is 0 Å². The molecule has 1 heterocycles. The van der Waals surface area contributed by atoms with Crippen LogP contribution < -0.4 is 10.4 Å². The summed E-state index contributed by atoms with van der Waals surface area (Å²) in [5, 5.41) is 0.764. The van der Waals surface area contributed by atoms with Gasteiger partial charge in [0.25, 0.3) is 0 Å². The van der Waals surface area contributed by atoms with Gasteiger partial charge in [0.15, 0.2) is 0 Å². The Morgan fingerprint density at radius 1 is 1.04 bits per heavy atom. The van der Waals surface area contributed by atoms with Gasteiger partial charge in [-0.1, -0.05) is 38.1 Å². The molecule has 0 fully saturated rings. The van der Waals surface area contributed by atoms with Crippen molar-refractivity contribution in [2.24, 2.45) is 0 Å². The van der Waals surface area contributed by atoms with Gasteiger partial charge in [0.05, 0.1) is 0 Å². The van der Waals surface area contributed by atoms with Crippen LogP contribution in [0.3, 0.4) is 0 Å². The number of carbonyl (C=O) groups excluding carboxylic acids is 1. The van der Waals surface area contributed by atoms with Crippen LogP contribution in [0.4, 0.5) is 0 Å². The maximum absolute atomic E-state index is 12.0. The second-order valence-electron chi connectivity index (χ2n) is 6.03. The predicted molar refractivity (Wildman–Crippen MR) is 97.7 cm³/mol. The second-order valence-corrected chi connectivity index (χ2v) is 6.03. The molecule has 3 aromatic rings. The van der Waals surface area contributed by atoms with Gasteiger partial charge in [-0.05, 0) is 41.3 Å². The molecule has 0 aliphatic rings. The smallest absolute Gasteiger partial charge is 0.336 e. The third-order valence-corrected chi connectivity index (χ3v) is 3.83. The first-order valence-corrected chi connectivity index (χ1v) is 8.05. The van der Waals surface area contributed by atoms with Gasteiger partial charge in [-0.3, -0.25) is 0 Å². The number of benzene rings is 2. The first-order chi connectivity index (χ1) is 12.0. The summed E-state index contributed by atoms with van der Waals surface area (Å²) in [7, 11) is 0. The normalized spacial score (nSPS) is 11.3. The van der Waals surface area contributed by atoms with E-state index in [0.717, 1.165) is 10.9 Å². The molecule has 0 amide bonds. The van der Waals surface area contributed by atoms with Crippen molar-refractivity contribution in [3.05, 3.63) is 82.2 Å². The molecule has 2 aromatic carbocycles. The van der Waals surface area contributed by atoms with Crippen molar-refractivity contribution >= 4 is 23.0 Å². The average Bonchev–Trinajstić information content (AvgIpc) is 2.60. The zero-order valence-electron chi connectivity index (χ0n) is 14.1. The highest BCUT2D eigenvalue weighted by atomic mass is 16.5. The van der Waals surface area contributed by atoms with Crippen molar-refractivity contribution < 1.29 is 13.9 Å². The zero-order valence-corrected chi connectivity index (χ0v) is 14.1. The van der Waals surface area contributed by atoms with E-state index in [1.807, 2.05) is 24.3 Å². The van der Waals surface area contributed by atoms with Crippen molar-refractivity contribution in [1.29, 1.82) is 0 Å². The van der Waals surface area contributed by atoms with E-state index in [-0.39, 0.29) is 0 Å². The van der Waals surface area contributed by atoms with Crippen molar-refractivity contribution in [2.45, 2.75) is 19.8 Å². The molecular formula is C21H18O4. The monoisotopic (exact) mass is 334 g/mol. The largest absolute Gasteiger partial charge is 0.423 e. The van der Waals surface area contributed by atoms with Crippen LogP contribution >= 0.6 is 0 Å². The number of fused-ring (bicyclic) bond motifs is 1. The lowest BCUT2D eigenvalue weighted by atomic mass is 10.0. The number of hydrogen-bond donors (Lipinski definition) is 0. The van der Waals surface area contributed by atoms with E-state index in [1.165, 1.54) is 23.8 Å². The summed E-state index contributed by atoms with van der Waals surface area (Å²) in [6.45, 7) is 4.27. The van der Waals surface area contributed by atoms with Gasteiger partial charge in [0, 0.05) is 23.6 Å². The van der Waals surface area contributed by atoms with E-state index in [9.17, 15) is 9.59 Å². The minimum atomic E-state index is -0.495. The molecule has 4 heteroatoms. The Bertz CT molecular complexity index is 979. The molecule has 0 unspecified atom stereocenters. The standard InChI is InChI=1S/C21H18O4/c1-14(2)16-6-3-15(4-7-16)5-11-20(22)24-18-10-8-17-9-12-21(23)25-19(17)13-18/h3-14H,1-2H3/b11-5+. The molecule has 126 valence electrons. The summed E-state index contributed by atoms with van der Waals surface area (Å²) in [5.74, 6) is 0.299. The molecule has 1 aromatic heterocycles. The molecule has 0 aliphatic heterocycles. The van der Waals surface area contributed by atoms with Crippen LogP contribution in [-0.4, -0.2) is 5.97 Å². The van der Waals surface area contributed by atoms with E-state index in [0.29, 0.717) is 17.3 Å². The van der Waals surface area contributed by atoms with Crippen LogP contribution in [0.5, 0.6) is 5.75 Å². The highest BCUT2D eigenvalue weighted by molar-refractivity contribution is 5.89. The molecule has 0 aliphatic carbocycles. The summed E-state index contributed by atoms with van der Waals surface area (Å²) in [6, 6.07) is 15.9. The Hall–Kier alpha value is -3.14. The van der Waals surface area contributed by atoms with Crippen molar-refractivity contribution in [2.75, 3.05) is 0 Å². The van der Waals surface area contributed by atoms with E-state index >= 15 is 0 Å². The minimum Gasteiger partial charge on any atom is -0.423 e. The lowest BCUT2D eigenvalue weighted by Crippen LogP contribution is -2.03. The lowest BCUT2D eigenvalue weighted by molar-refractivity contribution is -0.128. The van der Waals surface area contributed by atoms with Crippen LogP contribution in [-0.2, 0) is 4.79 Å². The van der Waals surface area contributed by atoms with Gasteiger partial charge < -0.3 is 9.15 Å². The van der Waals surface area contributed by atoms with Crippen LogP contribution in [0.2, 0.25) is 0 Å². The SMILES string of the molecule is CC(C)c1ccc(/C=C/C(=O)Oc2ccc3ccc(=O)oc3c2)cc1. The number of rotatable bonds is 4. The third-order valence-electron chi connectivity index (χ3n) is 3.83. The summed E-state index contributed by atoms with van der Waals surface area (Å²) in [6.07, 6.45) is 3.07. The first-order valence-electron chi connectivity index (χ1n) is 8.05. The van der Waals surface area contributed by atoms with Crippen LogP contribution in [0.25, 0.3) is 17.0 Å². The number of ether oxygens (including phenoxy) is 1. The highest BCUT2D eigenvalue weighted by Gasteiger charge is 2.04. The topological polar surface area (TPSA) is 56.5 Å². The van der Waals surface area contributed by atoms with Gasteiger partial charge in [-0.15, -0.1) is 0 Å². The van der Waals surface area contributed by atoms with Crippen LogP contribution in [0.1, 0.15) is 30.9 Å². The first kappa shape index (κ1) is 16.7. The van der Waals surface area contributed by atoms with Crippen molar-refractivity contribution in [3.8, 4) is 5.75 Å². The highest BCUT2D eigenvalue weighted by Crippen LogP contribution is 2.20. The van der Waals surface area contributed by atoms with Gasteiger partial charge in [0.1, 0.15) is 11.3 Å². The predicted octanol–water partition coefficient (Wildman–Crippen LogP) is 4.54. The van der Waals surface area contributed by atoms with E-state index < -0.39 is 11.6 Å². The molecule has 0 radical (unpaired) electrons. The van der Waals surface area contributed by atoms with E-state index in [1.54, 1.807) is 24.3 Å². The third kappa shape index (κ3) is 4.23. The minimum absolute atomic E-state index is 0.326. The molecule has 0 spiro atoms. The number of carbonyl (C=O) groups is 1. The summed E-state index contributed by atoms with van der Waals surface area (Å²) >= 11 is 0. The quantitative estimate of drug-likeness (QED) is 0.304. The van der Waals surface area contributed by atoms with Crippen LogP contribution in [0.15, 0.2) is 69.9 Å². The fourth-order valence-corrected chi connectivity index (χ4v) is 2.41.